The van der Waals surface area contributed by atoms with Gasteiger partial charge in [-0.1, -0.05) is 53.1 Å². The minimum Gasteiger partial charge on any atom is -0.392 e. The molecule has 1 fully saturated rings. The molecule has 0 N–H and O–H groups in total. The van der Waals surface area contributed by atoms with E-state index in [1.54, 1.807) is 17.9 Å². The Morgan fingerprint density at radius 3 is 2.71 bits per heavy atom. The Hall–Kier alpha value is -3.62. The van der Waals surface area contributed by atoms with Gasteiger partial charge in [0, 0.05) is 12.6 Å². The SMILES string of the molecule is Cn1nnnc1/C(=N/OCc1cccc(/C=N/OC2CCCCC2)n1)c1ccccc1. The van der Waals surface area contributed by atoms with E-state index in [1.165, 1.54) is 19.3 Å². The Morgan fingerprint density at radius 2 is 1.94 bits per heavy atom. The molecule has 2 heterocycles. The fraction of sp³-hybridized carbons (Fsp3) is 0.364. The van der Waals surface area contributed by atoms with Crippen molar-refractivity contribution in [3.05, 3.63) is 71.3 Å². The van der Waals surface area contributed by atoms with Crippen molar-refractivity contribution in [1.82, 2.24) is 25.2 Å². The van der Waals surface area contributed by atoms with Gasteiger partial charge in [-0.2, -0.15) is 0 Å². The van der Waals surface area contributed by atoms with Gasteiger partial charge in [-0.25, -0.2) is 9.67 Å². The average Bonchev–Trinajstić information content (AvgIpc) is 3.24. The van der Waals surface area contributed by atoms with E-state index in [1.807, 2.05) is 48.5 Å². The number of tetrazole rings is 1. The number of hydrogen-bond donors (Lipinski definition) is 0. The van der Waals surface area contributed by atoms with Gasteiger partial charge in [0.05, 0.1) is 17.6 Å². The Labute approximate surface area is 180 Å². The van der Waals surface area contributed by atoms with Crippen LogP contribution in [0.25, 0.3) is 0 Å². The van der Waals surface area contributed by atoms with Gasteiger partial charge in [0.25, 0.3) is 0 Å². The summed E-state index contributed by atoms with van der Waals surface area (Å²) in [6.45, 7) is 0.201. The highest BCUT2D eigenvalue weighted by Gasteiger charge is 2.15. The van der Waals surface area contributed by atoms with Crippen LogP contribution in [0.1, 0.15) is 54.9 Å². The van der Waals surface area contributed by atoms with E-state index < -0.39 is 0 Å². The zero-order chi connectivity index (χ0) is 21.3. The van der Waals surface area contributed by atoms with Crippen molar-refractivity contribution in [3.63, 3.8) is 0 Å². The van der Waals surface area contributed by atoms with E-state index in [9.17, 15) is 0 Å². The molecule has 9 heteroatoms. The first-order valence-corrected chi connectivity index (χ1v) is 10.4. The smallest absolute Gasteiger partial charge is 0.204 e. The Morgan fingerprint density at radius 1 is 1.10 bits per heavy atom. The highest BCUT2D eigenvalue weighted by molar-refractivity contribution is 6.10. The molecule has 1 aromatic carbocycles. The Bertz CT molecular complexity index is 1030. The van der Waals surface area contributed by atoms with Crippen LogP contribution in [0, 0.1) is 0 Å². The number of rotatable bonds is 8. The lowest BCUT2D eigenvalue weighted by molar-refractivity contribution is 0.0340. The van der Waals surface area contributed by atoms with Crippen LogP contribution in [0.4, 0.5) is 0 Å². The van der Waals surface area contributed by atoms with Crippen molar-refractivity contribution in [2.45, 2.75) is 44.8 Å². The van der Waals surface area contributed by atoms with Crippen molar-refractivity contribution in [2.24, 2.45) is 17.4 Å². The molecule has 0 radical (unpaired) electrons. The molecular formula is C22H25N7O2. The van der Waals surface area contributed by atoms with Gasteiger partial charge >= 0.3 is 0 Å². The molecule has 0 saturated heterocycles. The average molecular weight is 419 g/mol. The topological polar surface area (TPSA) is 99.7 Å². The van der Waals surface area contributed by atoms with Crippen molar-refractivity contribution < 1.29 is 9.68 Å². The van der Waals surface area contributed by atoms with Crippen molar-refractivity contribution in [3.8, 4) is 0 Å². The molecule has 0 unspecified atom stereocenters. The number of oxime groups is 2. The monoisotopic (exact) mass is 419 g/mol. The van der Waals surface area contributed by atoms with Gasteiger partial charge in [-0.05, 0) is 48.2 Å². The third-order valence-electron chi connectivity index (χ3n) is 5.02. The highest BCUT2D eigenvalue weighted by Crippen LogP contribution is 2.20. The van der Waals surface area contributed by atoms with E-state index in [4.69, 9.17) is 9.68 Å². The van der Waals surface area contributed by atoms with Crippen molar-refractivity contribution in [1.29, 1.82) is 0 Å². The van der Waals surface area contributed by atoms with E-state index in [2.05, 4.69) is 30.8 Å². The lowest BCUT2D eigenvalue weighted by atomic mass is 9.98. The van der Waals surface area contributed by atoms with Crippen molar-refractivity contribution >= 4 is 11.9 Å². The minimum atomic E-state index is 0.201. The second-order valence-corrected chi connectivity index (χ2v) is 7.36. The third-order valence-corrected chi connectivity index (χ3v) is 5.02. The lowest BCUT2D eigenvalue weighted by Crippen LogP contribution is -2.13. The number of aryl methyl sites for hydroxylation is 1. The van der Waals surface area contributed by atoms with Gasteiger partial charge in [0.2, 0.25) is 5.82 Å². The number of aromatic nitrogens is 5. The summed E-state index contributed by atoms with van der Waals surface area (Å²) in [7, 11) is 1.76. The van der Waals surface area contributed by atoms with Crippen LogP contribution in [0.3, 0.4) is 0 Å². The highest BCUT2D eigenvalue weighted by atomic mass is 16.6. The molecule has 9 nitrogen and oxygen atoms in total. The van der Waals surface area contributed by atoms with Gasteiger partial charge in [-0.3, -0.25) is 0 Å². The van der Waals surface area contributed by atoms with Crippen LogP contribution < -0.4 is 0 Å². The molecule has 0 spiro atoms. The summed E-state index contributed by atoms with van der Waals surface area (Å²) < 4.78 is 1.55. The number of hydrogen-bond acceptors (Lipinski definition) is 8. The summed E-state index contributed by atoms with van der Waals surface area (Å²) in [5.41, 5.74) is 2.84. The maximum atomic E-state index is 5.61. The van der Waals surface area contributed by atoms with E-state index in [0.717, 1.165) is 24.1 Å². The zero-order valence-corrected chi connectivity index (χ0v) is 17.5. The summed E-state index contributed by atoms with van der Waals surface area (Å²) in [5, 5.41) is 20.0. The maximum absolute atomic E-state index is 5.61. The number of pyridine rings is 1. The molecule has 2 aromatic heterocycles. The van der Waals surface area contributed by atoms with Crippen LogP contribution >= 0.6 is 0 Å². The van der Waals surface area contributed by atoms with Gasteiger partial charge in [0.15, 0.2) is 12.3 Å². The summed E-state index contributed by atoms with van der Waals surface area (Å²) in [5.74, 6) is 0.514. The first kappa shape index (κ1) is 20.6. The fourth-order valence-corrected chi connectivity index (χ4v) is 3.40. The number of nitrogens with zero attached hydrogens (tertiary/aromatic N) is 7. The summed E-state index contributed by atoms with van der Waals surface area (Å²) in [6.07, 6.45) is 7.71. The van der Waals surface area contributed by atoms with Crippen LogP contribution in [0.15, 0.2) is 58.8 Å². The van der Waals surface area contributed by atoms with E-state index in [0.29, 0.717) is 17.2 Å². The van der Waals surface area contributed by atoms with Crippen molar-refractivity contribution in [2.75, 3.05) is 0 Å². The molecule has 0 atom stereocenters. The van der Waals surface area contributed by atoms with Crippen LogP contribution in [-0.2, 0) is 23.3 Å². The third kappa shape index (κ3) is 5.71. The second-order valence-electron chi connectivity index (χ2n) is 7.36. The summed E-state index contributed by atoms with van der Waals surface area (Å²) in [6, 6.07) is 15.3. The molecular weight excluding hydrogens is 394 g/mol. The Balaban J connectivity index is 1.41. The molecule has 1 aliphatic rings. The quantitative estimate of drug-likeness (QED) is 0.410. The summed E-state index contributed by atoms with van der Waals surface area (Å²) in [4.78, 5) is 15.7. The first-order valence-electron chi connectivity index (χ1n) is 10.4. The molecule has 0 bridgehead atoms. The zero-order valence-electron chi connectivity index (χ0n) is 17.5. The normalized spacial score (nSPS) is 15.3. The van der Waals surface area contributed by atoms with Gasteiger partial charge in [0.1, 0.15) is 6.10 Å². The largest absolute Gasteiger partial charge is 0.392 e. The van der Waals surface area contributed by atoms with E-state index >= 15 is 0 Å². The molecule has 3 aromatic rings. The molecule has 0 aliphatic heterocycles. The minimum absolute atomic E-state index is 0.201. The molecule has 0 amide bonds. The fourth-order valence-electron chi connectivity index (χ4n) is 3.40. The molecule has 31 heavy (non-hydrogen) atoms. The second kappa shape index (κ2) is 10.4. The first-order chi connectivity index (χ1) is 15.3. The van der Waals surface area contributed by atoms with Crippen LogP contribution in [0.2, 0.25) is 0 Å². The molecule has 1 aliphatic carbocycles. The van der Waals surface area contributed by atoms with E-state index in [-0.39, 0.29) is 12.7 Å². The van der Waals surface area contributed by atoms with Crippen LogP contribution in [0.5, 0.6) is 0 Å². The molecule has 1 saturated carbocycles. The van der Waals surface area contributed by atoms with Crippen LogP contribution in [-0.4, -0.2) is 43.2 Å². The standard InChI is InChI=1S/C22H25N7O2/c1-29-22(25-27-28-29)21(17-9-4-2-5-10-17)26-30-16-19-12-8-11-18(24-19)15-23-31-20-13-6-3-7-14-20/h2,4-5,8-12,15,20H,3,6-7,13-14,16H2,1H3/b23-15+,26-21+. The Kier molecular flexibility index (Phi) is 6.94. The van der Waals surface area contributed by atoms with Gasteiger partial charge < -0.3 is 9.68 Å². The maximum Gasteiger partial charge on any atom is 0.204 e. The number of benzene rings is 1. The molecule has 4 rings (SSSR count). The summed E-state index contributed by atoms with van der Waals surface area (Å²) >= 11 is 0. The predicted octanol–water partition coefficient (Wildman–Crippen LogP) is 3.26. The van der Waals surface area contributed by atoms with Gasteiger partial charge in [-0.15, -0.1) is 5.10 Å². The molecule has 160 valence electrons. The lowest BCUT2D eigenvalue weighted by Gasteiger charge is -2.18. The predicted molar refractivity (Wildman–Crippen MR) is 115 cm³/mol.